The van der Waals surface area contributed by atoms with Crippen molar-refractivity contribution in [3.63, 3.8) is 0 Å². The molecule has 0 unspecified atom stereocenters. The first-order valence-corrected chi connectivity index (χ1v) is 10.4. The van der Waals surface area contributed by atoms with Crippen molar-refractivity contribution in [3.05, 3.63) is 59.8 Å². The molecular formula is C23H30N4O. The van der Waals surface area contributed by atoms with Gasteiger partial charge < -0.3 is 15.1 Å². The molecule has 0 bridgehead atoms. The number of anilines is 1. The number of benzene rings is 1. The van der Waals surface area contributed by atoms with E-state index in [9.17, 15) is 4.79 Å². The van der Waals surface area contributed by atoms with E-state index < -0.39 is 0 Å². The van der Waals surface area contributed by atoms with Gasteiger partial charge >= 0.3 is 0 Å². The molecule has 0 saturated carbocycles. The summed E-state index contributed by atoms with van der Waals surface area (Å²) in [4.78, 5) is 21.5. The zero-order valence-corrected chi connectivity index (χ0v) is 16.7. The number of carbonyl (C=O) groups is 1. The van der Waals surface area contributed by atoms with Crippen LogP contribution in [-0.4, -0.2) is 55.6 Å². The van der Waals surface area contributed by atoms with Crippen molar-refractivity contribution >= 4 is 11.7 Å². The lowest BCUT2D eigenvalue weighted by molar-refractivity contribution is 0.0963. The molecule has 28 heavy (non-hydrogen) atoms. The summed E-state index contributed by atoms with van der Waals surface area (Å²) in [7, 11) is 1.67. The van der Waals surface area contributed by atoms with E-state index in [1.165, 1.54) is 37.9 Å². The number of carbonyl (C=O) groups excluding carboxylic acids is 1. The second kappa shape index (κ2) is 8.31. The molecule has 0 radical (unpaired) electrons. The summed E-state index contributed by atoms with van der Waals surface area (Å²) in [6.45, 7) is 5.58. The van der Waals surface area contributed by atoms with E-state index in [-0.39, 0.29) is 5.91 Å². The fourth-order valence-corrected chi connectivity index (χ4v) is 4.77. The van der Waals surface area contributed by atoms with Gasteiger partial charge in [-0.3, -0.25) is 4.79 Å². The highest BCUT2D eigenvalue weighted by atomic mass is 16.1. The Labute approximate surface area is 167 Å². The van der Waals surface area contributed by atoms with Gasteiger partial charge in [0, 0.05) is 50.4 Å². The first-order chi connectivity index (χ1) is 13.7. The Morgan fingerprint density at radius 3 is 2.82 bits per heavy atom. The Bertz CT molecular complexity index is 809. The Kier molecular flexibility index (Phi) is 5.62. The number of hydrogen-bond acceptors (Lipinski definition) is 4. The number of piperidine rings is 1. The van der Waals surface area contributed by atoms with Crippen molar-refractivity contribution in [1.82, 2.24) is 15.2 Å². The molecule has 2 aliphatic heterocycles. The summed E-state index contributed by atoms with van der Waals surface area (Å²) in [6, 6.07) is 14.5. The van der Waals surface area contributed by atoms with Crippen LogP contribution < -0.4 is 10.2 Å². The predicted molar refractivity (Wildman–Crippen MR) is 113 cm³/mol. The van der Waals surface area contributed by atoms with E-state index in [2.05, 4.69) is 50.4 Å². The van der Waals surface area contributed by atoms with Gasteiger partial charge in [0.1, 0.15) is 5.82 Å². The second-order valence-corrected chi connectivity index (χ2v) is 8.27. The van der Waals surface area contributed by atoms with Crippen molar-refractivity contribution in [2.24, 2.45) is 5.41 Å². The minimum Gasteiger partial charge on any atom is -0.356 e. The molecular weight excluding hydrogens is 348 g/mol. The molecule has 0 aliphatic carbocycles. The van der Waals surface area contributed by atoms with Crippen LogP contribution in [-0.2, 0) is 6.42 Å². The van der Waals surface area contributed by atoms with Gasteiger partial charge in [0.2, 0.25) is 0 Å². The van der Waals surface area contributed by atoms with Crippen molar-refractivity contribution < 1.29 is 4.79 Å². The zero-order chi connectivity index (χ0) is 19.4. The van der Waals surface area contributed by atoms with Crippen LogP contribution in [0.4, 0.5) is 5.82 Å². The normalized spacial score (nSPS) is 22.5. The topological polar surface area (TPSA) is 48.5 Å². The minimum atomic E-state index is -0.0534. The van der Waals surface area contributed by atoms with Crippen LogP contribution in [0.2, 0.25) is 0 Å². The summed E-state index contributed by atoms with van der Waals surface area (Å²) < 4.78 is 0. The molecule has 1 spiro atoms. The Morgan fingerprint density at radius 2 is 2.00 bits per heavy atom. The van der Waals surface area contributed by atoms with E-state index in [4.69, 9.17) is 0 Å². The number of nitrogens with one attached hydrogen (secondary N) is 1. The molecule has 148 valence electrons. The van der Waals surface area contributed by atoms with E-state index >= 15 is 0 Å². The Balaban J connectivity index is 1.39. The molecule has 1 aromatic heterocycles. The highest BCUT2D eigenvalue weighted by molar-refractivity contribution is 5.94. The third-order valence-electron chi connectivity index (χ3n) is 6.30. The molecule has 3 heterocycles. The highest BCUT2D eigenvalue weighted by Gasteiger charge is 2.41. The molecule has 1 aromatic carbocycles. The predicted octanol–water partition coefficient (Wildman–Crippen LogP) is 2.98. The summed E-state index contributed by atoms with van der Waals surface area (Å²) in [6.07, 6.45) is 6.64. The minimum absolute atomic E-state index is 0.0534. The van der Waals surface area contributed by atoms with Gasteiger partial charge in [0.05, 0.1) is 0 Å². The van der Waals surface area contributed by atoms with Gasteiger partial charge in [0.25, 0.3) is 5.91 Å². The molecule has 5 nitrogen and oxygen atoms in total. The van der Waals surface area contributed by atoms with Crippen LogP contribution in [0.15, 0.2) is 48.7 Å². The van der Waals surface area contributed by atoms with Crippen LogP contribution in [0.5, 0.6) is 0 Å². The average molecular weight is 379 g/mol. The number of aromatic nitrogens is 1. The highest BCUT2D eigenvalue weighted by Crippen LogP contribution is 2.40. The van der Waals surface area contributed by atoms with E-state index in [1.807, 2.05) is 6.07 Å². The number of rotatable bonds is 5. The number of hydrogen-bond donors (Lipinski definition) is 1. The maximum atomic E-state index is 11.9. The van der Waals surface area contributed by atoms with Gasteiger partial charge in [-0.2, -0.15) is 0 Å². The van der Waals surface area contributed by atoms with Gasteiger partial charge in [-0.1, -0.05) is 30.3 Å². The number of likely N-dealkylation sites (tertiary alicyclic amines) is 1. The Morgan fingerprint density at radius 1 is 1.14 bits per heavy atom. The second-order valence-electron chi connectivity index (χ2n) is 8.27. The fourth-order valence-electron chi connectivity index (χ4n) is 4.77. The van der Waals surface area contributed by atoms with Crippen molar-refractivity contribution in [2.45, 2.75) is 25.7 Å². The van der Waals surface area contributed by atoms with Gasteiger partial charge in [-0.05, 0) is 49.9 Å². The largest absolute Gasteiger partial charge is 0.356 e. The molecule has 5 heteroatoms. The molecule has 2 fully saturated rings. The fraction of sp³-hybridized carbons (Fsp3) is 0.478. The smallest absolute Gasteiger partial charge is 0.251 e. The first kappa shape index (κ1) is 18.9. The summed E-state index contributed by atoms with van der Waals surface area (Å²) in [5.41, 5.74) is 2.46. The lowest BCUT2D eigenvalue weighted by Crippen LogP contribution is -2.45. The number of nitrogens with zero attached hydrogens (tertiary/aromatic N) is 3. The van der Waals surface area contributed by atoms with E-state index in [1.54, 1.807) is 19.3 Å². The van der Waals surface area contributed by atoms with Crippen molar-refractivity contribution in [3.8, 4) is 0 Å². The van der Waals surface area contributed by atoms with Crippen molar-refractivity contribution in [2.75, 3.05) is 44.7 Å². The van der Waals surface area contributed by atoms with Crippen molar-refractivity contribution in [1.29, 1.82) is 0 Å². The monoisotopic (exact) mass is 378 g/mol. The lowest BCUT2D eigenvalue weighted by Gasteiger charge is -2.40. The summed E-state index contributed by atoms with van der Waals surface area (Å²) in [5, 5.41) is 2.70. The molecule has 2 saturated heterocycles. The van der Waals surface area contributed by atoms with Crippen LogP contribution in [0.1, 0.15) is 35.2 Å². The number of amides is 1. The van der Waals surface area contributed by atoms with Crippen LogP contribution in [0.25, 0.3) is 0 Å². The summed E-state index contributed by atoms with van der Waals surface area (Å²) >= 11 is 0. The maximum absolute atomic E-state index is 11.9. The average Bonchev–Trinajstić information content (AvgIpc) is 3.15. The van der Waals surface area contributed by atoms with Crippen LogP contribution >= 0.6 is 0 Å². The first-order valence-electron chi connectivity index (χ1n) is 10.4. The third kappa shape index (κ3) is 4.20. The molecule has 1 atom stereocenters. The SMILES string of the molecule is CNC(=O)c1ccnc(N2CC[C@@]3(CCCN(CCc4ccccc4)C3)C2)c1. The third-order valence-corrected chi connectivity index (χ3v) is 6.30. The maximum Gasteiger partial charge on any atom is 0.251 e. The Hall–Kier alpha value is -2.40. The van der Waals surface area contributed by atoms with Gasteiger partial charge in [-0.15, -0.1) is 0 Å². The molecule has 1 N–H and O–H groups in total. The zero-order valence-electron chi connectivity index (χ0n) is 16.7. The lowest BCUT2D eigenvalue weighted by atomic mass is 9.79. The molecule has 4 rings (SSSR count). The number of pyridine rings is 1. The standard InChI is InChI=1S/C23H30N4O/c1-24-22(28)20-8-12-25-21(16-20)27-15-11-23(18-27)10-5-13-26(17-23)14-9-19-6-3-2-4-7-19/h2-4,6-8,12,16H,5,9-11,13-15,17-18H2,1H3,(H,24,28)/t23-/m1/s1. The summed E-state index contributed by atoms with van der Waals surface area (Å²) in [5.74, 6) is 0.877. The molecule has 2 aliphatic rings. The van der Waals surface area contributed by atoms with Crippen LogP contribution in [0, 0.1) is 5.41 Å². The molecule has 2 aromatic rings. The van der Waals surface area contributed by atoms with E-state index in [0.29, 0.717) is 11.0 Å². The van der Waals surface area contributed by atoms with Crippen LogP contribution in [0.3, 0.4) is 0 Å². The van der Waals surface area contributed by atoms with E-state index in [0.717, 1.165) is 31.9 Å². The van der Waals surface area contributed by atoms with Gasteiger partial charge in [-0.25, -0.2) is 4.98 Å². The van der Waals surface area contributed by atoms with Gasteiger partial charge in [0.15, 0.2) is 0 Å². The quantitative estimate of drug-likeness (QED) is 0.869. The molecule has 1 amide bonds.